The summed E-state index contributed by atoms with van der Waals surface area (Å²) in [4.78, 5) is 10.3. The predicted molar refractivity (Wildman–Crippen MR) is 73.7 cm³/mol. The molecule has 2 atom stereocenters. The van der Waals surface area contributed by atoms with Gasteiger partial charge in [-0.15, -0.1) is 12.4 Å². The van der Waals surface area contributed by atoms with E-state index in [1.807, 2.05) is 0 Å². The van der Waals surface area contributed by atoms with Crippen molar-refractivity contribution in [1.29, 1.82) is 0 Å². The van der Waals surface area contributed by atoms with Gasteiger partial charge in [-0.25, -0.2) is 0 Å². The zero-order valence-electron chi connectivity index (χ0n) is 9.45. The first-order chi connectivity index (χ1) is 8.00. The molecule has 0 aliphatic heterocycles. The molecule has 0 aromatic heterocycles. The van der Waals surface area contributed by atoms with Crippen molar-refractivity contribution in [2.24, 2.45) is 11.7 Å². The lowest BCUT2D eigenvalue weighted by Crippen LogP contribution is -2.27. The zero-order valence-corrected chi connectivity index (χ0v) is 11.9. The Bertz CT molecular complexity index is 454. The Balaban J connectivity index is 0.00000162. The van der Waals surface area contributed by atoms with Gasteiger partial charge in [-0.3, -0.25) is 10.1 Å². The number of aliphatic hydroxyl groups excluding tert-OH is 1. The van der Waals surface area contributed by atoms with Crippen molar-refractivity contribution in [3.05, 3.63) is 38.3 Å². The highest BCUT2D eigenvalue weighted by atomic mass is 79.9. The van der Waals surface area contributed by atoms with Crippen molar-refractivity contribution in [1.82, 2.24) is 0 Å². The van der Waals surface area contributed by atoms with E-state index in [-0.39, 0.29) is 24.0 Å². The molecule has 2 rings (SSSR count). The van der Waals surface area contributed by atoms with E-state index in [9.17, 15) is 15.2 Å². The normalized spacial score (nSPS) is 17.7. The molecule has 3 N–H and O–H groups in total. The third-order valence-electron chi connectivity index (χ3n) is 3.02. The molecule has 5 nitrogen and oxygen atoms in total. The summed E-state index contributed by atoms with van der Waals surface area (Å²) >= 11 is 3.11. The molecule has 0 heterocycles. The van der Waals surface area contributed by atoms with Gasteiger partial charge in [-0.1, -0.05) is 6.07 Å². The molecule has 0 saturated heterocycles. The van der Waals surface area contributed by atoms with Crippen molar-refractivity contribution in [2.75, 3.05) is 0 Å². The molecule has 0 unspecified atom stereocenters. The van der Waals surface area contributed by atoms with E-state index < -0.39 is 17.1 Å². The van der Waals surface area contributed by atoms with Crippen LogP contribution in [0, 0.1) is 16.0 Å². The quantitative estimate of drug-likeness (QED) is 0.652. The van der Waals surface area contributed by atoms with E-state index in [0.717, 1.165) is 12.8 Å². The van der Waals surface area contributed by atoms with E-state index in [0.29, 0.717) is 10.0 Å². The van der Waals surface area contributed by atoms with Gasteiger partial charge >= 0.3 is 0 Å². The largest absolute Gasteiger partial charge is 0.391 e. The highest BCUT2D eigenvalue weighted by Crippen LogP contribution is 2.38. The minimum absolute atomic E-state index is 0. The van der Waals surface area contributed by atoms with Crippen LogP contribution in [0.4, 0.5) is 5.69 Å². The monoisotopic (exact) mass is 336 g/mol. The van der Waals surface area contributed by atoms with E-state index in [1.54, 1.807) is 12.1 Å². The second kappa shape index (κ2) is 5.97. The van der Waals surface area contributed by atoms with E-state index in [1.165, 1.54) is 6.07 Å². The van der Waals surface area contributed by atoms with Gasteiger partial charge in [0.1, 0.15) is 0 Å². The molecule has 1 aromatic carbocycles. The average molecular weight is 338 g/mol. The summed E-state index contributed by atoms with van der Waals surface area (Å²) < 4.78 is 0.416. The zero-order chi connectivity index (χ0) is 12.6. The predicted octanol–water partition coefficient (Wildman–Crippen LogP) is 2.55. The number of benzene rings is 1. The van der Waals surface area contributed by atoms with E-state index in [2.05, 4.69) is 15.9 Å². The molecule has 1 aliphatic carbocycles. The van der Waals surface area contributed by atoms with Gasteiger partial charge in [0.2, 0.25) is 0 Å². The summed E-state index contributed by atoms with van der Waals surface area (Å²) in [7, 11) is 0. The fourth-order valence-electron chi connectivity index (χ4n) is 1.81. The van der Waals surface area contributed by atoms with Gasteiger partial charge in [0.15, 0.2) is 0 Å². The number of hydrogen-bond donors (Lipinski definition) is 2. The Hall–Kier alpha value is -0.690. The number of nitrogens with zero attached hydrogens (tertiary/aromatic N) is 1. The smallest absolute Gasteiger partial charge is 0.283 e. The molecule has 1 saturated carbocycles. The van der Waals surface area contributed by atoms with Crippen LogP contribution in [0.1, 0.15) is 24.4 Å². The van der Waals surface area contributed by atoms with Crippen molar-refractivity contribution in [3.63, 3.8) is 0 Å². The third-order valence-corrected chi connectivity index (χ3v) is 3.70. The minimum Gasteiger partial charge on any atom is -0.391 e. The van der Waals surface area contributed by atoms with Crippen LogP contribution in [-0.2, 0) is 0 Å². The van der Waals surface area contributed by atoms with Crippen LogP contribution in [-0.4, -0.2) is 16.1 Å². The topological polar surface area (TPSA) is 89.4 Å². The number of rotatable bonds is 4. The Kier molecular flexibility index (Phi) is 5.10. The average Bonchev–Trinajstić information content (AvgIpc) is 3.11. The molecular formula is C11H14BrClN2O3. The van der Waals surface area contributed by atoms with Crippen LogP contribution in [0.15, 0.2) is 22.7 Å². The highest BCUT2D eigenvalue weighted by molar-refractivity contribution is 9.10. The first-order valence-electron chi connectivity index (χ1n) is 5.38. The molecule has 1 aromatic rings. The summed E-state index contributed by atoms with van der Waals surface area (Å²) in [6, 6.07) is 4.15. The number of nitro groups is 1. The lowest BCUT2D eigenvalue weighted by atomic mass is 9.99. The number of nitrogens with two attached hydrogens (primary N) is 1. The summed E-state index contributed by atoms with van der Waals surface area (Å²) in [5.74, 6) is 0.243. The minimum atomic E-state index is -0.615. The van der Waals surface area contributed by atoms with Gasteiger partial charge in [0.05, 0.1) is 21.5 Å². The molecule has 0 bridgehead atoms. The van der Waals surface area contributed by atoms with Crippen molar-refractivity contribution >= 4 is 34.0 Å². The summed E-state index contributed by atoms with van der Waals surface area (Å²) in [6.07, 6.45) is 1.34. The van der Waals surface area contributed by atoms with Gasteiger partial charge in [0, 0.05) is 6.07 Å². The summed E-state index contributed by atoms with van der Waals surface area (Å²) in [5, 5.41) is 20.7. The van der Waals surface area contributed by atoms with Crippen LogP contribution in [0.5, 0.6) is 0 Å². The van der Waals surface area contributed by atoms with Crippen LogP contribution >= 0.6 is 28.3 Å². The van der Waals surface area contributed by atoms with Crippen molar-refractivity contribution in [2.45, 2.75) is 25.0 Å². The number of nitro benzene ring substituents is 1. The lowest BCUT2D eigenvalue weighted by molar-refractivity contribution is -0.385. The van der Waals surface area contributed by atoms with Crippen LogP contribution in [0.3, 0.4) is 0 Å². The van der Waals surface area contributed by atoms with Crippen LogP contribution in [0.2, 0.25) is 0 Å². The molecule has 0 spiro atoms. The van der Waals surface area contributed by atoms with E-state index in [4.69, 9.17) is 5.73 Å². The first-order valence-corrected chi connectivity index (χ1v) is 6.17. The van der Waals surface area contributed by atoms with Crippen molar-refractivity contribution in [3.8, 4) is 0 Å². The fourth-order valence-corrected chi connectivity index (χ4v) is 2.20. The molecule has 1 fully saturated rings. The summed E-state index contributed by atoms with van der Waals surface area (Å²) in [5.41, 5.74) is 6.48. The van der Waals surface area contributed by atoms with Gasteiger partial charge < -0.3 is 10.8 Å². The van der Waals surface area contributed by atoms with Crippen LogP contribution < -0.4 is 5.73 Å². The number of hydrogen-bond acceptors (Lipinski definition) is 4. The van der Waals surface area contributed by atoms with Crippen molar-refractivity contribution < 1.29 is 10.0 Å². The second-order valence-electron chi connectivity index (χ2n) is 4.32. The highest BCUT2D eigenvalue weighted by Gasteiger charge is 2.34. The second-order valence-corrected chi connectivity index (χ2v) is 5.18. The maximum Gasteiger partial charge on any atom is 0.283 e. The lowest BCUT2D eigenvalue weighted by Gasteiger charge is -2.18. The van der Waals surface area contributed by atoms with Gasteiger partial charge in [-0.2, -0.15) is 0 Å². The van der Waals surface area contributed by atoms with Crippen LogP contribution in [0.25, 0.3) is 0 Å². The molecular weight excluding hydrogens is 323 g/mol. The van der Waals surface area contributed by atoms with Gasteiger partial charge in [-0.05, 0) is 46.3 Å². The molecule has 1 aliphatic rings. The SMILES string of the molecule is Cl.N[C@H](c1ccc(Br)c([N+](=O)[O-])c1)[C@@H](O)C1CC1. The first kappa shape index (κ1) is 15.4. The maximum absolute atomic E-state index is 10.8. The molecule has 0 radical (unpaired) electrons. The Morgan fingerprint density at radius 3 is 2.61 bits per heavy atom. The standard InChI is InChI=1S/C11H13BrN2O3.ClH/c12-8-4-3-7(5-9(8)14(16)17)10(13)11(15)6-1-2-6;/h3-6,10-11,15H,1-2,13H2;1H/t10-,11+;/m1./s1. The number of halogens is 2. The van der Waals surface area contributed by atoms with Gasteiger partial charge in [0.25, 0.3) is 5.69 Å². The van der Waals surface area contributed by atoms with E-state index >= 15 is 0 Å². The maximum atomic E-state index is 10.8. The summed E-state index contributed by atoms with van der Waals surface area (Å²) in [6.45, 7) is 0. The fraction of sp³-hybridized carbons (Fsp3) is 0.455. The Morgan fingerprint density at radius 2 is 2.11 bits per heavy atom. The molecule has 18 heavy (non-hydrogen) atoms. The Morgan fingerprint density at radius 1 is 1.50 bits per heavy atom. The Labute approximate surface area is 119 Å². The molecule has 7 heteroatoms. The molecule has 0 amide bonds. The third kappa shape index (κ3) is 3.20. The number of aliphatic hydroxyl groups is 1. The molecule has 100 valence electrons.